The van der Waals surface area contributed by atoms with E-state index in [1.165, 1.54) is 6.08 Å². The summed E-state index contributed by atoms with van der Waals surface area (Å²) in [5, 5.41) is 53.3. The topological polar surface area (TPSA) is 146 Å². The number of rotatable bonds is 9. The molecule has 1 aliphatic rings. The Morgan fingerprint density at radius 3 is 2.51 bits per heavy atom. The van der Waals surface area contributed by atoms with E-state index in [0.717, 1.165) is 42.4 Å². The average Bonchev–Trinajstić information content (AvgIpc) is 2.87. The lowest BCUT2D eigenvalue weighted by Gasteiger charge is -2.40. The number of benzene rings is 2. The van der Waals surface area contributed by atoms with E-state index in [4.69, 9.17) is 4.74 Å². The zero-order valence-corrected chi connectivity index (χ0v) is 20.0. The lowest BCUT2D eigenvalue weighted by molar-refractivity contribution is -0.253. The summed E-state index contributed by atoms with van der Waals surface area (Å²) in [4.78, 5) is 15.0. The van der Waals surface area contributed by atoms with Crippen LogP contribution in [0.15, 0.2) is 42.0 Å². The van der Waals surface area contributed by atoms with E-state index in [2.05, 4.69) is 36.2 Å². The smallest absolute Gasteiger partial charge is 0.262 e. The molecule has 0 aromatic heterocycles. The van der Waals surface area contributed by atoms with Crippen molar-refractivity contribution in [3.05, 3.63) is 47.5 Å². The number of anilines is 1. The molecule has 1 heterocycles. The van der Waals surface area contributed by atoms with E-state index in [9.17, 15) is 30.5 Å². The van der Waals surface area contributed by atoms with Crippen molar-refractivity contribution in [2.24, 2.45) is 0 Å². The second kappa shape index (κ2) is 12.1. The molecule has 188 valence electrons. The third-order valence-electron chi connectivity index (χ3n) is 6.25. The van der Waals surface area contributed by atoms with E-state index < -0.39 is 43.2 Å². The van der Waals surface area contributed by atoms with Gasteiger partial charge in [0.25, 0.3) is 5.91 Å². The summed E-state index contributed by atoms with van der Waals surface area (Å²) in [5.41, 5.74) is 1.54. The lowest BCUT2D eigenvalue weighted by Crippen LogP contribution is -2.64. The Labute approximate surface area is 204 Å². The molecule has 1 saturated heterocycles. The van der Waals surface area contributed by atoms with Crippen molar-refractivity contribution in [3.63, 3.8) is 0 Å². The molecule has 1 amide bonds. The first-order valence-corrected chi connectivity index (χ1v) is 11.8. The summed E-state index contributed by atoms with van der Waals surface area (Å²) in [7, 11) is 0. The molecule has 0 radical (unpaired) electrons. The van der Waals surface area contributed by atoms with Gasteiger partial charge in [-0.1, -0.05) is 31.5 Å². The Hall–Kier alpha value is -3.00. The van der Waals surface area contributed by atoms with E-state index in [1.807, 2.05) is 30.3 Å². The quantitative estimate of drug-likeness (QED) is 0.265. The highest BCUT2D eigenvalue weighted by molar-refractivity contribution is 6.02. The lowest BCUT2D eigenvalue weighted by atomic mass is 9.96. The molecular weight excluding hydrogens is 450 g/mol. The third-order valence-corrected chi connectivity index (χ3v) is 6.25. The molecule has 35 heavy (non-hydrogen) atoms. The van der Waals surface area contributed by atoms with Crippen LogP contribution in [-0.4, -0.2) is 76.7 Å². The zero-order valence-electron chi connectivity index (χ0n) is 20.0. The maximum absolute atomic E-state index is 12.7. The monoisotopic (exact) mass is 483 g/mol. The molecule has 1 aliphatic heterocycles. The zero-order chi connectivity index (χ0) is 25.5. The van der Waals surface area contributed by atoms with Crippen molar-refractivity contribution in [1.82, 2.24) is 5.32 Å². The van der Waals surface area contributed by atoms with Crippen LogP contribution in [0.3, 0.4) is 0 Å². The normalized spacial score (nSPS) is 24.7. The molecule has 2 aromatic carbocycles. The van der Waals surface area contributed by atoms with Crippen LogP contribution in [0.4, 0.5) is 5.69 Å². The number of unbranched alkanes of at least 4 members (excludes halogenated alkanes) is 1. The summed E-state index contributed by atoms with van der Waals surface area (Å²) in [6, 6.07) is 12.3. The number of hydrogen-bond acceptors (Lipinski definition) is 8. The second-order valence-corrected chi connectivity index (χ2v) is 8.62. The molecule has 9 nitrogen and oxygen atoms in total. The number of fused-ring (bicyclic) bond motifs is 1. The molecule has 5 atom stereocenters. The first-order valence-electron chi connectivity index (χ1n) is 11.8. The number of ether oxygens (including phenoxy) is 1. The van der Waals surface area contributed by atoms with Gasteiger partial charge in [0, 0.05) is 18.8 Å². The van der Waals surface area contributed by atoms with Crippen molar-refractivity contribution in [2.75, 3.05) is 24.6 Å². The average molecular weight is 484 g/mol. The Morgan fingerprint density at radius 1 is 1.14 bits per heavy atom. The first kappa shape index (κ1) is 26.6. The number of nitrogens with one attached hydrogen (secondary N) is 1. The summed E-state index contributed by atoms with van der Waals surface area (Å²) < 4.78 is 5.04. The Morgan fingerprint density at radius 2 is 1.86 bits per heavy atom. The highest BCUT2D eigenvalue weighted by atomic mass is 16.6. The second-order valence-electron chi connectivity index (χ2n) is 8.62. The van der Waals surface area contributed by atoms with E-state index in [0.29, 0.717) is 5.56 Å². The summed E-state index contributed by atoms with van der Waals surface area (Å²) in [6.07, 6.45) is -2.29. The number of carbonyl (C=O) groups is 1. The van der Waals surface area contributed by atoms with Crippen molar-refractivity contribution in [3.8, 4) is 6.07 Å². The SMILES string of the molecule is CCCCN(CC)c1ccc2cc(/C=C(\C#N)C(=O)NC3C(O)OC(CO)C(O)C3O)ccc2c1. The van der Waals surface area contributed by atoms with Gasteiger partial charge in [-0.05, 0) is 54.0 Å². The van der Waals surface area contributed by atoms with Gasteiger partial charge in [-0.25, -0.2) is 0 Å². The Kier molecular flexibility index (Phi) is 9.20. The van der Waals surface area contributed by atoms with Gasteiger partial charge in [-0.3, -0.25) is 4.79 Å². The maximum Gasteiger partial charge on any atom is 0.262 e. The predicted molar refractivity (Wildman–Crippen MR) is 132 cm³/mol. The van der Waals surface area contributed by atoms with Gasteiger partial charge in [0.05, 0.1) is 6.61 Å². The van der Waals surface area contributed by atoms with E-state index in [1.54, 1.807) is 0 Å². The van der Waals surface area contributed by atoms with Crippen LogP contribution >= 0.6 is 0 Å². The number of aliphatic hydroxyl groups excluding tert-OH is 4. The fourth-order valence-corrected chi connectivity index (χ4v) is 4.15. The standard InChI is InChI=1S/C26H33N3O6/c1-3-5-10-29(4-2)20-9-8-17-11-16(6-7-18(17)13-20)12-19(14-27)25(33)28-22-24(32)23(31)21(15-30)35-26(22)34/h6-9,11-13,21-24,26,30-32,34H,3-5,10,15H2,1-2H3,(H,28,33)/b19-12+. The van der Waals surface area contributed by atoms with Gasteiger partial charge in [-0.2, -0.15) is 5.26 Å². The molecule has 3 rings (SSSR count). The molecule has 5 N–H and O–H groups in total. The van der Waals surface area contributed by atoms with Crippen LogP contribution in [0.5, 0.6) is 0 Å². The molecule has 9 heteroatoms. The van der Waals surface area contributed by atoms with Crippen molar-refractivity contribution < 1.29 is 30.0 Å². The fourth-order valence-electron chi connectivity index (χ4n) is 4.15. The van der Waals surface area contributed by atoms with E-state index >= 15 is 0 Å². The number of nitrogens with zero attached hydrogens (tertiary/aromatic N) is 2. The number of amides is 1. The van der Waals surface area contributed by atoms with Crippen molar-refractivity contribution >= 4 is 28.4 Å². The molecular formula is C26H33N3O6. The summed E-state index contributed by atoms with van der Waals surface area (Å²) in [5.74, 6) is -0.834. The van der Waals surface area contributed by atoms with Crippen LogP contribution in [0.1, 0.15) is 32.3 Å². The Bertz CT molecular complexity index is 1100. The van der Waals surface area contributed by atoms with Crippen LogP contribution in [0.2, 0.25) is 0 Å². The van der Waals surface area contributed by atoms with Crippen molar-refractivity contribution in [2.45, 2.75) is 57.3 Å². The number of aliphatic hydroxyl groups is 4. The van der Waals surface area contributed by atoms with Gasteiger partial charge in [0.2, 0.25) is 0 Å². The fraction of sp³-hybridized carbons (Fsp3) is 0.462. The highest BCUT2D eigenvalue weighted by Gasteiger charge is 2.44. The first-order chi connectivity index (χ1) is 16.8. The van der Waals surface area contributed by atoms with E-state index in [-0.39, 0.29) is 5.57 Å². The van der Waals surface area contributed by atoms with Crippen molar-refractivity contribution in [1.29, 1.82) is 5.26 Å². The molecule has 1 fully saturated rings. The molecule has 0 aliphatic carbocycles. The maximum atomic E-state index is 12.7. The molecule has 2 aromatic rings. The molecule has 0 saturated carbocycles. The number of carbonyl (C=O) groups excluding carboxylic acids is 1. The summed E-state index contributed by atoms with van der Waals surface area (Å²) >= 11 is 0. The molecule has 0 bridgehead atoms. The highest BCUT2D eigenvalue weighted by Crippen LogP contribution is 2.25. The predicted octanol–water partition coefficient (Wildman–Crippen LogP) is 1.29. The minimum atomic E-state index is -1.66. The van der Waals surface area contributed by atoms with Crippen LogP contribution in [-0.2, 0) is 9.53 Å². The van der Waals surface area contributed by atoms with Gasteiger partial charge >= 0.3 is 0 Å². The van der Waals surface area contributed by atoms with Gasteiger partial charge in [0.15, 0.2) is 6.29 Å². The largest absolute Gasteiger partial charge is 0.394 e. The molecule has 0 spiro atoms. The third kappa shape index (κ3) is 6.17. The summed E-state index contributed by atoms with van der Waals surface area (Å²) in [6.45, 7) is 5.60. The van der Waals surface area contributed by atoms with Crippen LogP contribution in [0, 0.1) is 11.3 Å². The van der Waals surface area contributed by atoms with Crippen LogP contribution in [0.25, 0.3) is 16.8 Å². The van der Waals surface area contributed by atoms with Gasteiger partial charge < -0.3 is 35.4 Å². The minimum absolute atomic E-state index is 0.240. The van der Waals surface area contributed by atoms with Gasteiger partial charge in [-0.15, -0.1) is 0 Å². The van der Waals surface area contributed by atoms with Crippen LogP contribution < -0.4 is 10.2 Å². The van der Waals surface area contributed by atoms with Gasteiger partial charge in [0.1, 0.15) is 36.0 Å². The Balaban J connectivity index is 1.78. The number of nitriles is 1. The number of hydrogen-bond donors (Lipinski definition) is 5. The minimum Gasteiger partial charge on any atom is -0.394 e. The molecule has 5 unspecified atom stereocenters.